The number of nitrogens with two attached hydrogens (primary N) is 1. The predicted molar refractivity (Wildman–Crippen MR) is 71.5 cm³/mol. The number of benzene rings is 1. The molecule has 1 aliphatic rings. The van der Waals surface area contributed by atoms with Crippen LogP contribution in [0.2, 0.25) is 0 Å². The van der Waals surface area contributed by atoms with Crippen LogP contribution in [0.5, 0.6) is 0 Å². The Bertz CT molecular complexity index is 410. The third-order valence-electron chi connectivity index (χ3n) is 3.27. The zero-order valence-electron chi connectivity index (χ0n) is 10.9. The minimum atomic E-state index is -0.542. The van der Waals surface area contributed by atoms with E-state index in [2.05, 4.69) is 0 Å². The van der Waals surface area contributed by atoms with Gasteiger partial charge in [-0.1, -0.05) is 30.3 Å². The molecule has 5 heteroatoms. The highest BCUT2D eigenvalue weighted by Gasteiger charge is 2.27. The van der Waals surface area contributed by atoms with E-state index in [1.54, 1.807) is 4.90 Å². The number of carbonyl (C=O) groups excluding carboxylic acids is 1. The van der Waals surface area contributed by atoms with Gasteiger partial charge < -0.3 is 20.5 Å². The van der Waals surface area contributed by atoms with Crippen LogP contribution >= 0.6 is 0 Å². The van der Waals surface area contributed by atoms with Gasteiger partial charge in [-0.15, -0.1) is 0 Å². The first-order valence-corrected chi connectivity index (χ1v) is 6.51. The van der Waals surface area contributed by atoms with Gasteiger partial charge in [0.15, 0.2) is 0 Å². The van der Waals surface area contributed by atoms with Gasteiger partial charge in [0.05, 0.1) is 25.4 Å². The van der Waals surface area contributed by atoms with Crippen molar-refractivity contribution in [2.24, 2.45) is 5.73 Å². The maximum Gasteiger partial charge on any atom is 0.239 e. The van der Waals surface area contributed by atoms with Crippen LogP contribution in [0.3, 0.4) is 0 Å². The zero-order chi connectivity index (χ0) is 13.7. The summed E-state index contributed by atoms with van der Waals surface area (Å²) in [6.07, 6.45) is 0.238. The van der Waals surface area contributed by atoms with Gasteiger partial charge in [0.2, 0.25) is 5.91 Å². The molecule has 1 aliphatic heterocycles. The zero-order valence-corrected chi connectivity index (χ0v) is 10.9. The third-order valence-corrected chi connectivity index (χ3v) is 3.27. The van der Waals surface area contributed by atoms with E-state index >= 15 is 0 Å². The molecule has 104 valence electrons. The van der Waals surface area contributed by atoms with E-state index in [0.29, 0.717) is 26.1 Å². The maximum atomic E-state index is 12.2. The summed E-state index contributed by atoms with van der Waals surface area (Å²) >= 11 is 0. The van der Waals surface area contributed by atoms with Crippen LogP contribution in [0.25, 0.3) is 0 Å². The molecule has 0 spiro atoms. The van der Waals surface area contributed by atoms with Crippen molar-refractivity contribution >= 4 is 5.91 Å². The molecule has 3 N–H and O–H groups in total. The van der Waals surface area contributed by atoms with Crippen molar-refractivity contribution in [2.75, 3.05) is 26.3 Å². The number of hydrogen-bond acceptors (Lipinski definition) is 4. The second-order valence-corrected chi connectivity index (χ2v) is 4.76. The molecule has 0 aliphatic carbocycles. The number of amides is 1. The fourth-order valence-electron chi connectivity index (χ4n) is 2.22. The van der Waals surface area contributed by atoms with Gasteiger partial charge in [0.25, 0.3) is 0 Å². The summed E-state index contributed by atoms with van der Waals surface area (Å²) < 4.78 is 5.32. The number of hydrogen-bond donors (Lipinski definition) is 2. The Morgan fingerprint density at radius 3 is 2.89 bits per heavy atom. The first kappa shape index (κ1) is 14.0. The second-order valence-electron chi connectivity index (χ2n) is 4.76. The Kier molecular flexibility index (Phi) is 4.90. The van der Waals surface area contributed by atoms with Crippen molar-refractivity contribution in [3.8, 4) is 0 Å². The summed E-state index contributed by atoms with van der Waals surface area (Å²) in [5.41, 5.74) is 7.02. The number of aliphatic hydroxyl groups is 1. The molecule has 0 bridgehead atoms. The van der Waals surface area contributed by atoms with E-state index in [0.717, 1.165) is 5.56 Å². The lowest BCUT2D eigenvalue weighted by molar-refractivity contribution is -0.141. The SMILES string of the molecule is N[C@@H](Cc1ccccc1)C(=O)N1CCOC(CO)C1. The van der Waals surface area contributed by atoms with Crippen LogP contribution in [0.4, 0.5) is 0 Å². The minimum Gasteiger partial charge on any atom is -0.394 e. The van der Waals surface area contributed by atoms with Gasteiger partial charge in [0, 0.05) is 13.1 Å². The molecule has 1 heterocycles. The summed E-state index contributed by atoms with van der Waals surface area (Å²) in [6.45, 7) is 1.34. The molecule has 1 aromatic rings. The average Bonchev–Trinajstić information content (AvgIpc) is 2.47. The molecule has 1 saturated heterocycles. The van der Waals surface area contributed by atoms with Crippen LogP contribution in [0.1, 0.15) is 5.56 Å². The average molecular weight is 264 g/mol. The Labute approximate surface area is 113 Å². The minimum absolute atomic E-state index is 0.0717. The highest BCUT2D eigenvalue weighted by molar-refractivity contribution is 5.82. The summed E-state index contributed by atoms with van der Waals surface area (Å²) in [7, 11) is 0. The van der Waals surface area contributed by atoms with E-state index in [9.17, 15) is 4.79 Å². The van der Waals surface area contributed by atoms with Crippen LogP contribution < -0.4 is 5.73 Å². The monoisotopic (exact) mass is 264 g/mol. The number of carbonyl (C=O) groups is 1. The first-order chi connectivity index (χ1) is 9.20. The van der Waals surface area contributed by atoms with Crippen molar-refractivity contribution in [3.05, 3.63) is 35.9 Å². The molecule has 0 saturated carbocycles. The van der Waals surface area contributed by atoms with Gasteiger partial charge in [-0.25, -0.2) is 0 Å². The second kappa shape index (κ2) is 6.65. The van der Waals surface area contributed by atoms with Crippen LogP contribution in [0, 0.1) is 0 Å². The van der Waals surface area contributed by atoms with Crippen LogP contribution in [-0.4, -0.2) is 54.4 Å². The quantitative estimate of drug-likeness (QED) is 0.788. The van der Waals surface area contributed by atoms with Gasteiger partial charge in [-0.05, 0) is 12.0 Å². The number of aliphatic hydroxyl groups excluding tert-OH is 1. The molecule has 5 nitrogen and oxygen atoms in total. The standard InChI is InChI=1S/C14H20N2O3/c15-13(8-11-4-2-1-3-5-11)14(18)16-6-7-19-12(9-16)10-17/h1-5,12-13,17H,6-10,15H2/t12?,13-/m0/s1. The molecule has 1 amide bonds. The maximum absolute atomic E-state index is 12.2. The van der Waals surface area contributed by atoms with Crippen molar-refractivity contribution in [2.45, 2.75) is 18.6 Å². The van der Waals surface area contributed by atoms with Gasteiger partial charge in [0.1, 0.15) is 0 Å². The molecule has 1 unspecified atom stereocenters. The van der Waals surface area contributed by atoms with E-state index in [1.165, 1.54) is 0 Å². The van der Waals surface area contributed by atoms with E-state index in [1.807, 2.05) is 30.3 Å². The molecule has 0 radical (unpaired) electrons. The molecule has 0 aromatic heterocycles. The van der Waals surface area contributed by atoms with E-state index in [4.69, 9.17) is 15.6 Å². The summed E-state index contributed by atoms with van der Waals surface area (Å²) in [6, 6.07) is 9.18. The smallest absolute Gasteiger partial charge is 0.239 e. The molecule has 2 atom stereocenters. The molecular weight excluding hydrogens is 244 g/mol. The molecule has 19 heavy (non-hydrogen) atoms. The highest BCUT2D eigenvalue weighted by Crippen LogP contribution is 2.09. The van der Waals surface area contributed by atoms with Crippen molar-refractivity contribution in [1.82, 2.24) is 4.90 Å². The fraction of sp³-hybridized carbons (Fsp3) is 0.500. The third kappa shape index (κ3) is 3.76. The number of ether oxygens (including phenoxy) is 1. The van der Waals surface area contributed by atoms with Crippen molar-refractivity contribution in [3.63, 3.8) is 0 Å². The molecule has 1 aromatic carbocycles. The van der Waals surface area contributed by atoms with E-state index in [-0.39, 0.29) is 18.6 Å². The number of morpholine rings is 1. The Morgan fingerprint density at radius 2 is 2.21 bits per heavy atom. The summed E-state index contributed by atoms with van der Waals surface area (Å²) in [5, 5.41) is 9.07. The first-order valence-electron chi connectivity index (χ1n) is 6.51. The lowest BCUT2D eigenvalue weighted by atomic mass is 10.1. The lowest BCUT2D eigenvalue weighted by Crippen LogP contribution is -2.52. The normalized spacial score (nSPS) is 21.2. The fourth-order valence-corrected chi connectivity index (χ4v) is 2.22. The van der Waals surface area contributed by atoms with Gasteiger partial charge in [-0.2, -0.15) is 0 Å². The summed E-state index contributed by atoms with van der Waals surface area (Å²) in [5.74, 6) is -0.0781. The largest absolute Gasteiger partial charge is 0.394 e. The number of nitrogens with zero attached hydrogens (tertiary/aromatic N) is 1. The van der Waals surface area contributed by atoms with Gasteiger partial charge >= 0.3 is 0 Å². The van der Waals surface area contributed by atoms with Gasteiger partial charge in [-0.3, -0.25) is 4.79 Å². The topological polar surface area (TPSA) is 75.8 Å². The lowest BCUT2D eigenvalue weighted by Gasteiger charge is -2.33. The molecular formula is C14H20N2O3. The molecule has 2 rings (SSSR count). The Balaban J connectivity index is 1.91. The highest BCUT2D eigenvalue weighted by atomic mass is 16.5. The van der Waals surface area contributed by atoms with Crippen LogP contribution in [0.15, 0.2) is 30.3 Å². The Morgan fingerprint density at radius 1 is 1.47 bits per heavy atom. The van der Waals surface area contributed by atoms with Crippen molar-refractivity contribution in [1.29, 1.82) is 0 Å². The van der Waals surface area contributed by atoms with E-state index < -0.39 is 6.04 Å². The number of rotatable bonds is 4. The predicted octanol–water partition coefficient (Wildman–Crippen LogP) is -0.224. The Hall–Kier alpha value is -1.43. The summed E-state index contributed by atoms with van der Waals surface area (Å²) in [4.78, 5) is 13.9. The van der Waals surface area contributed by atoms with Crippen LogP contribution in [-0.2, 0) is 16.0 Å². The molecule has 1 fully saturated rings. The van der Waals surface area contributed by atoms with Crippen molar-refractivity contribution < 1.29 is 14.6 Å².